The van der Waals surface area contributed by atoms with Gasteiger partial charge >= 0.3 is 0 Å². The average Bonchev–Trinajstić information content (AvgIpc) is 2.49. The van der Waals surface area contributed by atoms with Crippen LogP contribution in [0.2, 0.25) is 0 Å². The number of hydrogen-bond donors (Lipinski definition) is 0. The van der Waals surface area contributed by atoms with Crippen molar-refractivity contribution in [3.05, 3.63) is 35.9 Å². The maximum absolute atomic E-state index is 10.6. The van der Waals surface area contributed by atoms with Crippen LogP contribution in [0, 0.1) is 11.3 Å². The number of rotatable bonds is 4. The fourth-order valence-corrected chi connectivity index (χ4v) is 2.43. The largest absolute Gasteiger partial charge is 0.303 e. The third kappa shape index (κ3) is 6.65. The first-order chi connectivity index (χ1) is 9.57. The molecule has 2 rings (SSSR count). The Kier molecular flexibility index (Phi) is 7.21. The second kappa shape index (κ2) is 8.68. The Bertz CT molecular complexity index is 389. The summed E-state index contributed by atoms with van der Waals surface area (Å²) in [6.07, 6.45) is 9.10. The van der Waals surface area contributed by atoms with Crippen LogP contribution < -0.4 is 0 Å². The number of carbonyl (C=O) groups is 2. The van der Waals surface area contributed by atoms with Crippen molar-refractivity contribution >= 4 is 12.6 Å². The van der Waals surface area contributed by atoms with Crippen LogP contribution in [-0.4, -0.2) is 12.6 Å². The van der Waals surface area contributed by atoms with E-state index in [4.69, 9.17) is 0 Å². The molecule has 1 aromatic rings. The van der Waals surface area contributed by atoms with Gasteiger partial charge < -0.3 is 9.59 Å². The van der Waals surface area contributed by atoms with Crippen molar-refractivity contribution in [2.75, 3.05) is 0 Å². The van der Waals surface area contributed by atoms with Crippen LogP contribution in [0.3, 0.4) is 0 Å². The van der Waals surface area contributed by atoms with Crippen molar-refractivity contribution in [3.63, 3.8) is 0 Å². The minimum Gasteiger partial charge on any atom is -0.303 e. The number of hydrogen-bond acceptors (Lipinski definition) is 2. The highest BCUT2D eigenvalue weighted by Gasteiger charge is 2.16. The molecule has 0 aromatic heterocycles. The topological polar surface area (TPSA) is 34.1 Å². The molecule has 0 unspecified atom stereocenters. The minimum absolute atomic E-state index is 0.235. The van der Waals surface area contributed by atoms with Gasteiger partial charge in [-0.1, -0.05) is 63.4 Å². The monoisotopic (exact) mass is 274 g/mol. The van der Waals surface area contributed by atoms with E-state index in [9.17, 15) is 9.59 Å². The van der Waals surface area contributed by atoms with E-state index in [0.29, 0.717) is 5.92 Å². The van der Waals surface area contributed by atoms with Crippen molar-refractivity contribution in [2.24, 2.45) is 11.3 Å². The molecule has 1 saturated carbocycles. The highest BCUT2D eigenvalue weighted by atomic mass is 16.1. The van der Waals surface area contributed by atoms with E-state index in [1.807, 2.05) is 44.2 Å². The molecule has 2 nitrogen and oxygen atoms in total. The standard InChI is InChI=1S/C11H14O.C7H12O/c1-11(2,9-12)8-10-6-4-3-5-7-10;8-6-7-4-2-1-3-5-7/h3-7,9H,8H2,1-2H3;6-7H,1-5H2. The molecular weight excluding hydrogens is 248 g/mol. The quantitative estimate of drug-likeness (QED) is 0.770. The van der Waals surface area contributed by atoms with Crippen LogP contribution in [0.15, 0.2) is 30.3 Å². The average molecular weight is 274 g/mol. The Morgan fingerprint density at radius 3 is 2.10 bits per heavy atom. The van der Waals surface area contributed by atoms with Gasteiger partial charge in [-0.05, 0) is 24.8 Å². The molecule has 0 radical (unpaired) electrons. The smallest absolute Gasteiger partial charge is 0.125 e. The van der Waals surface area contributed by atoms with Gasteiger partial charge in [-0.2, -0.15) is 0 Å². The number of benzene rings is 1. The van der Waals surface area contributed by atoms with Crippen LogP contribution in [-0.2, 0) is 16.0 Å². The molecule has 0 heterocycles. The number of aldehydes is 2. The summed E-state index contributed by atoms with van der Waals surface area (Å²) >= 11 is 0. The van der Waals surface area contributed by atoms with E-state index in [1.165, 1.54) is 24.8 Å². The summed E-state index contributed by atoms with van der Waals surface area (Å²) < 4.78 is 0. The zero-order valence-electron chi connectivity index (χ0n) is 12.7. The van der Waals surface area contributed by atoms with Gasteiger partial charge in [0.15, 0.2) is 0 Å². The molecule has 0 spiro atoms. The molecule has 0 bridgehead atoms. The molecular formula is C18H26O2. The molecule has 0 aliphatic heterocycles. The third-order valence-corrected chi connectivity index (χ3v) is 3.66. The first kappa shape index (κ1) is 16.6. The molecule has 1 aliphatic rings. The Balaban J connectivity index is 0.000000217. The summed E-state index contributed by atoms with van der Waals surface area (Å²) in [5.41, 5.74) is 0.982. The van der Waals surface area contributed by atoms with Gasteiger partial charge in [0.05, 0.1) is 0 Å². The van der Waals surface area contributed by atoms with Gasteiger partial charge in [0.1, 0.15) is 12.6 Å². The first-order valence-electron chi connectivity index (χ1n) is 7.53. The molecule has 0 N–H and O–H groups in total. The fourth-order valence-electron chi connectivity index (χ4n) is 2.43. The van der Waals surface area contributed by atoms with E-state index in [1.54, 1.807) is 0 Å². The Morgan fingerprint density at radius 2 is 1.65 bits per heavy atom. The third-order valence-electron chi connectivity index (χ3n) is 3.66. The SMILES string of the molecule is CC(C)(C=O)Cc1ccccc1.O=CC1CCCCC1. The summed E-state index contributed by atoms with van der Waals surface area (Å²) in [5.74, 6) is 0.406. The predicted molar refractivity (Wildman–Crippen MR) is 82.6 cm³/mol. The predicted octanol–water partition coefficient (Wildman–Crippen LogP) is 4.22. The highest BCUT2D eigenvalue weighted by molar-refractivity contribution is 5.58. The van der Waals surface area contributed by atoms with Crippen molar-refractivity contribution < 1.29 is 9.59 Å². The summed E-state index contributed by atoms with van der Waals surface area (Å²) in [5, 5.41) is 0. The van der Waals surface area contributed by atoms with E-state index < -0.39 is 0 Å². The van der Waals surface area contributed by atoms with Crippen molar-refractivity contribution in [1.29, 1.82) is 0 Å². The van der Waals surface area contributed by atoms with Gasteiger partial charge in [-0.25, -0.2) is 0 Å². The number of carbonyl (C=O) groups excluding carboxylic acids is 2. The molecule has 0 amide bonds. The van der Waals surface area contributed by atoms with Gasteiger partial charge in [-0.3, -0.25) is 0 Å². The molecule has 2 heteroatoms. The van der Waals surface area contributed by atoms with Crippen molar-refractivity contribution in [2.45, 2.75) is 52.4 Å². The zero-order chi connectivity index (χ0) is 14.8. The van der Waals surface area contributed by atoms with Gasteiger partial charge in [0.2, 0.25) is 0 Å². The lowest BCUT2D eigenvalue weighted by molar-refractivity contribution is -0.114. The first-order valence-corrected chi connectivity index (χ1v) is 7.53. The minimum atomic E-state index is -0.235. The summed E-state index contributed by atoms with van der Waals surface area (Å²) in [4.78, 5) is 20.8. The summed E-state index contributed by atoms with van der Waals surface area (Å²) in [6, 6.07) is 10.1. The second-order valence-corrected chi connectivity index (χ2v) is 6.30. The Morgan fingerprint density at radius 1 is 1.05 bits per heavy atom. The zero-order valence-corrected chi connectivity index (χ0v) is 12.7. The van der Waals surface area contributed by atoms with Crippen LogP contribution in [0.5, 0.6) is 0 Å². The molecule has 1 aliphatic carbocycles. The van der Waals surface area contributed by atoms with Crippen molar-refractivity contribution in [3.8, 4) is 0 Å². The molecule has 1 aromatic carbocycles. The maximum Gasteiger partial charge on any atom is 0.125 e. The van der Waals surface area contributed by atoms with Gasteiger partial charge in [0, 0.05) is 11.3 Å². The maximum atomic E-state index is 10.6. The molecule has 20 heavy (non-hydrogen) atoms. The van der Waals surface area contributed by atoms with E-state index >= 15 is 0 Å². The van der Waals surface area contributed by atoms with E-state index in [-0.39, 0.29) is 5.41 Å². The molecule has 0 atom stereocenters. The lowest BCUT2D eigenvalue weighted by Crippen LogP contribution is -2.16. The lowest BCUT2D eigenvalue weighted by Gasteiger charge is -2.15. The molecule has 110 valence electrons. The Labute approximate surface area is 122 Å². The summed E-state index contributed by atoms with van der Waals surface area (Å²) in [6.45, 7) is 3.90. The van der Waals surface area contributed by atoms with Crippen LogP contribution >= 0.6 is 0 Å². The molecule has 1 fully saturated rings. The van der Waals surface area contributed by atoms with Crippen LogP contribution in [0.25, 0.3) is 0 Å². The van der Waals surface area contributed by atoms with Gasteiger partial charge in [0.25, 0.3) is 0 Å². The van der Waals surface area contributed by atoms with E-state index in [2.05, 4.69) is 0 Å². The van der Waals surface area contributed by atoms with E-state index in [0.717, 1.165) is 31.8 Å². The van der Waals surface area contributed by atoms with Gasteiger partial charge in [-0.15, -0.1) is 0 Å². The van der Waals surface area contributed by atoms with Crippen LogP contribution in [0.1, 0.15) is 51.5 Å². The second-order valence-electron chi connectivity index (χ2n) is 6.30. The fraction of sp³-hybridized carbons (Fsp3) is 0.556. The summed E-state index contributed by atoms with van der Waals surface area (Å²) in [7, 11) is 0. The van der Waals surface area contributed by atoms with Crippen molar-refractivity contribution in [1.82, 2.24) is 0 Å². The highest BCUT2D eigenvalue weighted by Crippen LogP contribution is 2.21. The van der Waals surface area contributed by atoms with Crippen LogP contribution in [0.4, 0.5) is 0 Å². The molecule has 0 saturated heterocycles. The Hall–Kier alpha value is -1.44. The lowest BCUT2D eigenvalue weighted by atomic mass is 9.87. The normalized spacial score (nSPS) is 15.9.